The Bertz CT molecular complexity index is 885. The second-order valence-corrected chi connectivity index (χ2v) is 7.64. The van der Waals surface area contributed by atoms with Gasteiger partial charge in [0.1, 0.15) is 6.26 Å². The number of hydrogen-bond donors (Lipinski definition) is 1. The molecular formula is C20H20N2O2S. The van der Waals surface area contributed by atoms with Crippen LogP contribution in [0.3, 0.4) is 0 Å². The molecular weight excluding hydrogens is 332 g/mol. The van der Waals surface area contributed by atoms with Gasteiger partial charge in [-0.3, -0.25) is 4.79 Å². The van der Waals surface area contributed by atoms with Gasteiger partial charge in [0, 0.05) is 0 Å². The Kier molecular flexibility index (Phi) is 4.17. The summed E-state index contributed by atoms with van der Waals surface area (Å²) in [7, 11) is 0. The number of aryl methyl sites for hydroxylation is 1. The Morgan fingerprint density at radius 3 is 3.04 bits per heavy atom. The summed E-state index contributed by atoms with van der Waals surface area (Å²) in [6.07, 6.45) is 4.92. The minimum Gasteiger partial charge on any atom is -0.444 e. The van der Waals surface area contributed by atoms with E-state index in [2.05, 4.69) is 35.4 Å². The molecule has 0 bridgehead atoms. The van der Waals surface area contributed by atoms with Crippen LogP contribution >= 0.6 is 11.3 Å². The zero-order valence-corrected chi connectivity index (χ0v) is 14.9. The highest BCUT2D eigenvalue weighted by Gasteiger charge is 2.33. The summed E-state index contributed by atoms with van der Waals surface area (Å²) in [5, 5.41) is 5.21. The van der Waals surface area contributed by atoms with Gasteiger partial charge in [0.25, 0.3) is 0 Å². The predicted octanol–water partition coefficient (Wildman–Crippen LogP) is 4.31. The number of oxazole rings is 1. The lowest BCUT2D eigenvalue weighted by Crippen LogP contribution is -2.46. The summed E-state index contributed by atoms with van der Waals surface area (Å²) in [5.41, 5.74) is 2.91. The van der Waals surface area contributed by atoms with E-state index in [4.69, 9.17) is 4.42 Å². The van der Waals surface area contributed by atoms with Crippen LogP contribution in [0.4, 0.5) is 0 Å². The van der Waals surface area contributed by atoms with Gasteiger partial charge in [-0.05, 0) is 48.8 Å². The average Bonchev–Trinajstić information content (AvgIpc) is 3.26. The average molecular weight is 352 g/mol. The minimum atomic E-state index is -0.313. The zero-order chi connectivity index (χ0) is 17.3. The van der Waals surface area contributed by atoms with Crippen molar-refractivity contribution in [2.75, 3.05) is 0 Å². The van der Waals surface area contributed by atoms with E-state index >= 15 is 0 Å². The SMILES string of the molecule is C[C@@]1(NC(=O)Cc2coc(-c3cccs3)n2)CCCc2ccccc21. The van der Waals surface area contributed by atoms with Gasteiger partial charge in [0.05, 0.1) is 22.5 Å². The fourth-order valence-corrected chi connectivity index (χ4v) is 4.25. The summed E-state index contributed by atoms with van der Waals surface area (Å²) in [5.74, 6) is 0.553. The van der Waals surface area contributed by atoms with Gasteiger partial charge < -0.3 is 9.73 Å². The summed E-state index contributed by atoms with van der Waals surface area (Å²) >= 11 is 1.57. The maximum absolute atomic E-state index is 12.6. The number of nitrogens with zero attached hydrogens (tertiary/aromatic N) is 1. The van der Waals surface area contributed by atoms with Crippen LogP contribution in [0.1, 0.15) is 36.6 Å². The van der Waals surface area contributed by atoms with Crippen molar-refractivity contribution in [2.45, 2.75) is 38.1 Å². The third-order valence-electron chi connectivity index (χ3n) is 4.78. The topological polar surface area (TPSA) is 55.1 Å². The second kappa shape index (κ2) is 6.48. The Morgan fingerprint density at radius 2 is 2.20 bits per heavy atom. The zero-order valence-electron chi connectivity index (χ0n) is 14.1. The first-order chi connectivity index (χ1) is 12.1. The van der Waals surface area contributed by atoms with Crippen LogP contribution in [-0.2, 0) is 23.2 Å². The van der Waals surface area contributed by atoms with E-state index < -0.39 is 0 Å². The van der Waals surface area contributed by atoms with Crippen molar-refractivity contribution >= 4 is 17.2 Å². The van der Waals surface area contributed by atoms with Crippen LogP contribution in [-0.4, -0.2) is 10.9 Å². The third kappa shape index (κ3) is 3.24. The number of hydrogen-bond acceptors (Lipinski definition) is 4. The molecule has 0 saturated carbocycles. The molecule has 0 spiro atoms. The second-order valence-electron chi connectivity index (χ2n) is 6.69. The molecule has 1 amide bonds. The lowest BCUT2D eigenvalue weighted by Gasteiger charge is -2.36. The quantitative estimate of drug-likeness (QED) is 0.761. The van der Waals surface area contributed by atoms with Crippen molar-refractivity contribution < 1.29 is 9.21 Å². The van der Waals surface area contributed by atoms with E-state index in [1.165, 1.54) is 11.1 Å². The Labute approximate surface area is 150 Å². The van der Waals surface area contributed by atoms with Crippen molar-refractivity contribution in [1.29, 1.82) is 0 Å². The summed E-state index contributed by atoms with van der Waals surface area (Å²) < 4.78 is 5.50. The highest BCUT2D eigenvalue weighted by atomic mass is 32.1. The number of nitrogens with one attached hydrogen (secondary N) is 1. The molecule has 1 aliphatic carbocycles. The molecule has 1 aromatic carbocycles. The number of carbonyl (C=O) groups excluding carboxylic acids is 1. The van der Waals surface area contributed by atoms with Crippen LogP contribution in [0.5, 0.6) is 0 Å². The van der Waals surface area contributed by atoms with Crippen LogP contribution in [0.2, 0.25) is 0 Å². The molecule has 25 heavy (non-hydrogen) atoms. The summed E-state index contributed by atoms with van der Waals surface area (Å²) in [4.78, 5) is 18.0. The van der Waals surface area contributed by atoms with E-state index in [9.17, 15) is 4.79 Å². The monoisotopic (exact) mass is 352 g/mol. The van der Waals surface area contributed by atoms with Gasteiger partial charge >= 0.3 is 0 Å². The van der Waals surface area contributed by atoms with E-state index in [-0.39, 0.29) is 17.9 Å². The number of rotatable bonds is 4. The smallest absolute Gasteiger partial charge is 0.236 e. The molecule has 0 aliphatic heterocycles. The van der Waals surface area contributed by atoms with Crippen molar-refractivity contribution in [1.82, 2.24) is 10.3 Å². The van der Waals surface area contributed by atoms with Gasteiger partial charge in [-0.25, -0.2) is 4.98 Å². The summed E-state index contributed by atoms with van der Waals surface area (Å²) in [6.45, 7) is 2.11. The first-order valence-electron chi connectivity index (χ1n) is 8.52. The van der Waals surface area contributed by atoms with Crippen LogP contribution in [0, 0.1) is 0 Å². The lowest BCUT2D eigenvalue weighted by atomic mass is 9.77. The molecule has 0 unspecified atom stereocenters. The van der Waals surface area contributed by atoms with Crippen molar-refractivity contribution in [3.05, 3.63) is 64.9 Å². The molecule has 0 fully saturated rings. The molecule has 5 heteroatoms. The Hall–Kier alpha value is -2.40. The summed E-state index contributed by atoms with van der Waals surface area (Å²) in [6, 6.07) is 12.3. The van der Waals surface area contributed by atoms with Gasteiger partial charge in [-0.2, -0.15) is 0 Å². The van der Waals surface area contributed by atoms with Gasteiger partial charge in [-0.15, -0.1) is 11.3 Å². The molecule has 128 valence electrons. The molecule has 4 nitrogen and oxygen atoms in total. The Balaban J connectivity index is 1.48. The fourth-order valence-electron chi connectivity index (χ4n) is 3.59. The molecule has 2 aromatic heterocycles. The van der Waals surface area contributed by atoms with Crippen LogP contribution in [0.15, 0.2) is 52.5 Å². The van der Waals surface area contributed by atoms with Gasteiger partial charge in [0.2, 0.25) is 11.8 Å². The van der Waals surface area contributed by atoms with Crippen molar-refractivity contribution in [3.63, 3.8) is 0 Å². The highest BCUT2D eigenvalue weighted by molar-refractivity contribution is 7.13. The number of thiophene rings is 1. The molecule has 1 atom stereocenters. The normalized spacial score (nSPS) is 19.4. The van der Waals surface area contributed by atoms with Crippen molar-refractivity contribution in [2.24, 2.45) is 0 Å². The number of fused-ring (bicyclic) bond motifs is 1. The first-order valence-corrected chi connectivity index (χ1v) is 9.40. The van der Waals surface area contributed by atoms with Gasteiger partial charge in [0.15, 0.2) is 0 Å². The first kappa shape index (κ1) is 16.1. The van der Waals surface area contributed by atoms with E-state index in [1.807, 2.05) is 23.6 Å². The molecule has 1 aliphatic rings. The number of benzene rings is 1. The number of amides is 1. The standard InChI is InChI=1S/C20H20N2O2S/c1-20(10-4-7-14-6-2-3-8-16(14)20)22-18(23)12-15-13-24-19(21-15)17-9-5-11-25-17/h2-3,5-6,8-9,11,13H,4,7,10,12H2,1H3,(H,22,23)/t20-/m1/s1. The Morgan fingerprint density at radius 1 is 1.32 bits per heavy atom. The fraction of sp³-hybridized carbons (Fsp3) is 0.300. The van der Waals surface area contributed by atoms with E-state index in [0.29, 0.717) is 11.6 Å². The number of carbonyl (C=O) groups is 1. The molecule has 1 N–H and O–H groups in total. The molecule has 2 heterocycles. The molecule has 0 radical (unpaired) electrons. The van der Waals surface area contributed by atoms with Crippen molar-refractivity contribution in [3.8, 4) is 10.8 Å². The highest BCUT2D eigenvalue weighted by Crippen LogP contribution is 2.35. The van der Waals surface area contributed by atoms with Gasteiger partial charge in [-0.1, -0.05) is 30.3 Å². The largest absolute Gasteiger partial charge is 0.444 e. The van der Waals surface area contributed by atoms with Crippen LogP contribution in [0.25, 0.3) is 10.8 Å². The number of aromatic nitrogens is 1. The maximum atomic E-state index is 12.6. The minimum absolute atomic E-state index is 0.0229. The predicted molar refractivity (Wildman–Crippen MR) is 98.4 cm³/mol. The molecule has 0 saturated heterocycles. The van der Waals surface area contributed by atoms with E-state index in [1.54, 1.807) is 17.6 Å². The van der Waals surface area contributed by atoms with Crippen LogP contribution < -0.4 is 5.32 Å². The molecule has 4 rings (SSSR count). The van der Waals surface area contributed by atoms with E-state index in [0.717, 1.165) is 24.1 Å². The maximum Gasteiger partial charge on any atom is 0.236 e. The third-order valence-corrected chi connectivity index (χ3v) is 5.63. The lowest BCUT2D eigenvalue weighted by molar-refractivity contribution is -0.122. The molecule has 3 aromatic rings.